The molecule has 0 radical (unpaired) electrons. The third kappa shape index (κ3) is 3.22. The minimum absolute atomic E-state index is 0.0295. The van der Waals surface area contributed by atoms with Crippen molar-refractivity contribution in [3.8, 4) is 0 Å². The normalized spacial score (nSPS) is 45.6. The average molecular weight is 420 g/mol. The van der Waals surface area contributed by atoms with Gasteiger partial charge < -0.3 is 10.4 Å². The molecule has 4 aliphatic rings. The third-order valence-corrected chi connectivity index (χ3v) is 9.51. The number of rotatable bonds is 2. The van der Waals surface area contributed by atoms with E-state index in [0.29, 0.717) is 36.2 Å². The molecule has 0 aliphatic heterocycles. The fourth-order valence-electron chi connectivity index (χ4n) is 7.64. The Balaban J connectivity index is 1.58. The molecule has 8 atom stereocenters. The first-order chi connectivity index (χ1) is 13.9. The van der Waals surface area contributed by atoms with Crippen molar-refractivity contribution in [1.82, 2.24) is 5.32 Å². The molecular weight excluding hydrogens is 381 g/mol. The monoisotopic (exact) mass is 419 g/mol. The van der Waals surface area contributed by atoms with Crippen molar-refractivity contribution < 1.29 is 19.1 Å². The molecule has 4 rings (SSSR count). The highest BCUT2D eigenvalue weighted by atomic mass is 19.1. The summed E-state index contributed by atoms with van der Waals surface area (Å²) in [6.45, 7) is 10.4. The second-order valence-electron chi connectivity index (χ2n) is 12.1. The summed E-state index contributed by atoms with van der Waals surface area (Å²) in [4.78, 5) is 24.2. The SMILES string of the molecule is CC(C)(C)C(=O)NC1CC[C@H]2[C@@H]3CC(F)C4C=C(C(=O)O)CC[C@]4(C)[C@@H]3CC[C@]12C. The first-order valence-electron chi connectivity index (χ1n) is 11.8. The largest absolute Gasteiger partial charge is 0.478 e. The number of allylic oxidation sites excluding steroid dienone is 1. The van der Waals surface area contributed by atoms with Gasteiger partial charge in [0.05, 0.1) is 0 Å². The number of carbonyl (C=O) groups is 2. The zero-order chi connectivity index (χ0) is 22.1. The highest BCUT2D eigenvalue weighted by molar-refractivity contribution is 5.86. The van der Waals surface area contributed by atoms with Crippen LogP contribution in [-0.4, -0.2) is 29.2 Å². The summed E-state index contributed by atoms with van der Waals surface area (Å²) in [5, 5.41) is 12.8. The zero-order valence-electron chi connectivity index (χ0n) is 19.1. The first-order valence-corrected chi connectivity index (χ1v) is 11.8. The molecule has 0 aromatic rings. The number of carboxylic acid groups (broad SMARTS) is 1. The van der Waals surface area contributed by atoms with E-state index in [1.165, 1.54) is 0 Å². The molecule has 0 heterocycles. The smallest absolute Gasteiger partial charge is 0.331 e. The van der Waals surface area contributed by atoms with E-state index in [4.69, 9.17) is 0 Å². The quantitative estimate of drug-likeness (QED) is 0.652. The maximum absolute atomic E-state index is 15.5. The summed E-state index contributed by atoms with van der Waals surface area (Å²) < 4.78 is 15.5. The number of fused-ring (bicyclic) bond motifs is 5. The Bertz CT molecular complexity index is 771. The van der Waals surface area contributed by atoms with E-state index in [-0.39, 0.29) is 28.7 Å². The maximum Gasteiger partial charge on any atom is 0.331 e. The molecule has 4 aliphatic carbocycles. The van der Waals surface area contributed by atoms with Gasteiger partial charge in [0.15, 0.2) is 0 Å². The molecule has 0 aromatic heterocycles. The molecule has 168 valence electrons. The van der Waals surface area contributed by atoms with Gasteiger partial charge in [-0.15, -0.1) is 0 Å². The van der Waals surface area contributed by atoms with E-state index in [9.17, 15) is 14.7 Å². The topological polar surface area (TPSA) is 66.4 Å². The molecule has 0 saturated heterocycles. The second-order valence-corrected chi connectivity index (χ2v) is 12.1. The number of amides is 1. The number of aliphatic carboxylic acids is 1. The highest BCUT2D eigenvalue weighted by Gasteiger charge is 2.62. The van der Waals surface area contributed by atoms with E-state index >= 15 is 4.39 Å². The van der Waals surface area contributed by atoms with Gasteiger partial charge in [0.1, 0.15) is 6.17 Å². The fourth-order valence-corrected chi connectivity index (χ4v) is 7.64. The van der Waals surface area contributed by atoms with Crippen molar-refractivity contribution in [1.29, 1.82) is 0 Å². The minimum Gasteiger partial charge on any atom is -0.478 e. The predicted octanol–water partition coefficient (Wildman–Crippen LogP) is 5.13. The van der Waals surface area contributed by atoms with E-state index in [0.717, 1.165) is 32.1 Å². The predicted molar refractivity (Wildman–Crippen MR) is 114 cm³/mol. The molecule has 1 amide bonds. The third-order valence-electron chi connectivity index (χ3n) is 9.51. The number of alkyl halides is 1. The van der Waals surface area contributed by atoms with Crippen LogP contribution in [0.25, 0.3) is 0 Å². The number of nitrogens with one attached hydrogen (secondary N) is 1. The molecule has 0 bridgehead atoms. The highest BCUT2D eigenvalue weighted by Crippen LogP contribution is 2.66. The van der Waals surface area contributed by atoms with Gasteiger partial charge in [-0.05, 0) is 73.5 Å². The number of hydrogen-bond donors (Lipinski definition) is 2. The summed E-state index contributed by atoms with van der Waals surface area (Å²) in [7, 11) is 0. The summed E-state index contributed by atoms with van der Waals surface area (Å²) in [5.41, 5.74) is -0.140. The number of hydrogen-bond acceptors (Lipinski definition) is 2. The van der Waals surface area contributed by atoms with Gasteiger partial charge in [0, 0.05) is 22.9 Å². The zero-order valence-corrected chi connectivity index (χ0v) is 19.1. The molecule has 0 aromatic carbocycles. The van der Waals surface area contributed by atoms with Crippen LogP contribution < -0.4 is 5.32 Å². The summed E-state index contributed by atoms with van der Waals surface area (Å²) in [6, 6.07) is 0.170. The lowest BCUT2D eigenvalue weighted by molar-refractivity contribution is -0.137. The number of carbonyl (C=O) groups excluding carboxylic acids is 1. The molecule has 2 N–H and O–H groups in total. The Morgan fingerprint density at radius 2 is 1.77 bits per heavy atom. The summed E-state index contributed by atoms with van der Waals surface area (Å²) in [5.74, 6) is 0.140. The Morgan fingerprint density at radius 1 is 1.10 bits per heavy atom. The van der Waals surface area contributed by atoms with Crippen molar-refractivity contribution in [3.05, 3.63) is 11.6 Å². The molecule has 3 unspecified atom stereocenters. The summed E-state index contributed by atoms with van der Waals surface area (Å²) in [6.07, 6.45) is 6.77. The van der Waals surface area contributed by atoms with Crippen molar-refractivity contribution in [3.63, 3.8) is 0 Å². The van der Waals surface area contributed by atoms with Gasteiger partial charge in [-0.1, -0.05) is 40.7 Å². The molecule has 4 nitrogen and oxygen atoms in total. The van der Waals surface area contributed by atoms with Crippen molar-refractivity contribution in [2.75, 3.05) is 0 Å². The van der Waals surface area contributed by atoms with Crippen LogP contribution in [0.3, 0.4) is 0 Å². The molecule has 5 heteroatoms. The van der Waals surface area contributed by atoms with Crippen LogP contribution in [0, 0.1) is 39.9 Å². The van der Waals surface area contributed by atoms with E-state index in [1.54, 1.807) is 6.08 Å². The number of carboxylic acids is 1. The molecular formula is C25H38FNO3. The molecule has 3 saturated carbocycles. The first kappa shape index (κ1) is 21.8. The maximum atomic E-state index is 15.5. The van der Waals surface area contributed by atoms with E-state index in [1.807, 2.05) is 20.8 Å². The van der Waals surface area contributed by atoms with Gasteiger partial charge in [0.25, 0.3) is 0 Å². The van der Waals surface area contributed by atoms with Crippen LogP contribution in [0.4, 0.5) is 4.39 Å². The van der Waals surface area contributed by atoms with Crippen LogP contribution in [0.5, 0.6) is 0 Å². The van der Waals surface area contributed by atoms with Crippen LogP contribution in [0.1, 0.15) is 79.6 Å². The Hall–Kier alpha value is -1.39. The second kappa shape index (κ2) is 7.06. The van der Waals surface area contributed by atoms with Crippen molar-refractivity contribution in [2.24, 2.45) is 39.9 Å². The van der Waals surface area contributed by atoms with Gasteiger partial charge >= 0.3 is 5.97 Å². The van der Waals surface area contributed by atoms with Crippen LogP contribution >= 0.6 is 0 Å². The van der Waals surface area contributed by atoms with Crippen LogP contribution in [-0.2, 0) is 9.59 Å². The fraction of sp³-hybridized carbons (Fsp3) is 0.840. The summed E-state index contributed by atoms with van der Waals surface area (Å²) >= 11 is 0. The lowest BCUT2D eigenvalue weighted by atomic mass is 9.45. The lowest BCUT2D eigenvalue weighted by Gasteiger charge is -2.60. The van der Waals surface area contributed by atoms with Gasteiger partial charge in [-0.25, -0.2) is 9.18 Å². The van der Waals surface area contributed by atoms with Crippen molar-refractivity contribution >= 4 is 11.9 Å². The Morgan fingerprint density at radius 3 is 2.40 bits per heavy atom. The standard InChI is InChI=1S/C25H38FNO3/c1-23(2,3)22(30)27-20-7-6-16-15-13-19(26)18-12-14(21(28)29)8-10-24(18,4)17(15)9-11-25(16,20)5/h12,15-20H,6-11,13H2,1-5H3,(H,27,30)(H,28,29)/t15-,16-,17+,18?,19?,20?,24+,25-/m0/s1. The van der Waals surface area contributed by atoms with Crippen molar-refractivity contribution in [2.45, 2.75) is 91.8 Å². The van der Waals surface area contributed by atoms with Crippen LogP contribution in [0.2, 0.25) is 0 Å². The van der Waals surface area contributed by atoms with Crippen LogP contribution in [0.15, 0.2) is 11.6 Å². The molecule has 30 heavy (non-hydrogen) atoms. The van der Waals surface area contributed by atoms with E-state index < -0.39 is 17.6 Å². The molecule has 0 spiro atoms. The minimum atomic E-state index is -0.975. The van der Waals surface area contributed by atoms with E-state index in [2.05, 4.69) is 19.2 Å². The molecule has 3 fully saturated rings. The average Bonchev–Trinajstić information content (AvgIpc) is 2.97. The Labute approximate surface area is 180 Å². The van der Waals surface area contributed by atoms with Gasteiger partial charge in [-0.2, -0.15) is 0 Å². The lowest BCUT2D eigenvalue weighted by Crippen LogP contribution is -2.58. The van der Waals surface area contributed by atoms with Gasteiger partial charge in [0.2, 0.25) is 5.91 Å². The Kier molecular flexibility index (Phi) is 5.14. The number of halogens is 1. The van der Waals surface area contributed by atoms with Gasteiger partial charge in [-0.3, -0.25) is 4.79 Å².